The summed E-state index contributed by atoms with van der Waals surface area (Å²) in [5.41, 5.74) is -0.684. The Balaban J connectivity index is 2.54. The molecule has 0 spiro atoms. The number of hydrogen-bond acceptors (Lipinski definition) is 6. The molecule has 1 saturated heterocycles. The lowest BCUT2D eigenvalue weighted by Crippen LogP contribution is -2.50. The molecule has 1 aliphatic heterocycles. The van der Waals surface area contributed by atoms with Crippen molar-refractivity contribution in [1.82, 2.24) is 5.32 Å². The smallest absolute Gasteiger partial charge is 0.408 e. The highest BCUT2D eigenvalue weighted by atomic mass is 16.6. The molecule has 0 saturated carbocycles. The second-order valence-electron chi connectivity index (χ2n) is 5.79. The summed E-state index contributed by atoms with van der Waals surface area (Å²) in [5, 5.41) is 11.9. The number of esters is 1. The van der Waals surface area contributed by atoms with Gasteiger partial charge in [0.1, 0.15) is 11.7 Å². The van der Waals surface area contributed by atoms with Crippen molar-refractivity contribution in [1.29, 1.82) is 0 Å². The van der Waals surface area contributed by atoms with E-state index in [-0.39, 0.29) is 6.10 Å². The molecule has 2 unspecified atom stereocenters. The zero-order chi connectivity index (χ0) is 15.3. The van der Waals surface area contributed by atoms with Gasteiger partial charge in [-0.1, -0.05) is 0 Å². The molecule has 0 radical (unpaired) electrons. The number of nitrogens with one attached hydrogen (secondary N) is 1. The van der Waals surface area contributed by atoms with Crippen molar-refractivity contribution >= 4 is 12.1 Å². The zero-order valence-electron chi connectivity index (χ0n) is 12.3. The van der Waals surface area contributed by atoms with Gasteiger partial charge < -0.3 is 24.6 Å². The number of carbonyl (C=O) groups excluding carboxylic acids is 2. The van der Waals surface area contributed by atoms with Gasteiger partial charge in [-0.2, -0.15) is 0 Å². The number of hydrogen-bond donors (Lipinski definition) is 2. The summed E-state index contributed by atoms with van der Waals surface area (Å²) in [6, 6.07) is -1.16. The number of aliphatic hydroxyl groups excluding tert-OH is 1. The molecule has 20 heavy (non-hydrogen) atoms. The Hall–Kier alpha value is -1.34. The Kier molecular flexibility index (Phi) is 5.76. The molecule has 0 bridgehead atoms. The molecule has 7 nitrogen and oxygen atoms in total. The molecule has 1 rings (SSSR count). The SMILES string of the molecule is CC(O)C(NC(=O)OC(C)(C)C)C(=O)O[C@@H]1CCOC1. The Bertz CT molecular complexity index is 343. The minimum atomic E-state index is -1.16. The van der Waals surface area contributed by atoms with Crippen LogP contribution < -0.4 is 5.32 Å². The Morgan fingerprint density at radius 3 is 2.50 bits per heavy atom. The fourth-order valence-electron chi connectivity index (χ4n) is 1.65. The van der Waals surface area contributed by atoms with E-state index in [0.29, 0.717) is 19.6 Å². The third kappa shape index (κ3) is 5.75. The summed E-state index contributed by atoms with van der Waals surface area (Å²) in [4.78, 5) is 23.6. The number of amides is 1. The Morgan fingerprint density at radius 1 is 1.40 bits per heavy atom. The average Bonchev–Trinajstić information content (AvgIpc) is 2.75. The molecule has 1 amide bonds. The molecule has 0 aliphatic carbocycles. The van der Waals surface area contributed by atoms with Gasteiger partial charge in [0.05, 0.1) is 19.3 Å². The maximum atomic E-state index is 11.9. The van der Waals surface area contributed by atoms with Gasteiger partial charge in [0.25, 0.3) is 0 Å². The van der Waals surface area contributed by atoms with Gasteiger partial charge in [-0.3, -0.25) is 0 Å². The maximum Gasteiger partial charge on any atom is 0.408 e. The van der Waals surface area contributed by atoms with Gasteiger partial charge in [0, 0.05) is 6.42 Å². The van der Waals surface area contributed by atoms with Crippen molar-refractivity contribution in [2.24, 2.45) is 0 Å². The minimum absolute atomic E-state index is 0.329. The van der Waals surface area contributed by atoms with Gasteiger partial charge in [0.15, 0.2) is 6.04 Å². The van der Waals surface area contributed by atoms with E-state index in [1.54, 1.807) is 20.8 Å². The first kappa shape index (κ1) is 16.7. The van der Waals surface area contributed by atoms with Crippen LogP contribution >= 0.6 is 0 Å². The van der Waals surface area contributed by atoms with Gasteiger partial charge in [-0.15, -0.1) is 0 Å². The summed E-state index contributed by atoms with van der Waals surface area (Å²) in [5.74, 6) is -0.693. The van der Waals surface area contributed by atoms with Crippen LogP contribution in [0.4, 0.5) is 4.79 Å². The van der Waals surface area contributed by atoms with Crippen LogP contribution in [0.3, 0.4) is 0 Å². The van der Waals surface area contributed by atoms with E-state index in [1.807, 2.05) is 0 Å². The van der Waals surface area contributed by atoms with Gasteiger partial charge >= 0.3 is 12.1 Å². The predicted octanol–water partition coefficient (Wildman–Crippen LogP) is 0.593. The summed E-state index contributed by atoms with van der Waals surface area (Å²) in [7, 11) is 0. The topological polar surface area (TPSA) is 94.1 Å². The van der Waals surface area contributed by atoms with Crippen molar-refractivity contribution in [3.05, 3.63) is 0 Å². The molecule has 1 aliphatic rings. The molecular weight excluding hydrogens is 266 g/mol. The maximum absolute atomic E-state index is 11.9. The molecule has 0 aromatic rings. The predicted molar refractivity (Wildman–Crippen MR) is 70.2 cm³/mol. The van der Waals surface area contributed by atoms with Gasteiger partial charge in [-0.25, -0.2) is 9.59 Å². The molecule has 0 aromatic carbocycles. The lowest BCUT2D eigenvalue weighted by Gasteiger charge is -2.24. The lowest BCUT2D eigenvalue weighted by atomic mass is 10.2. The quantitative estimate of drug-likeness (QED) is 0.736. The minimum Gasteiger partial charge on any atom is -0.458 e. The Labute approximate surface area is 118 Å². The summed E-state index contributed by atoms with van der Waals surface area (Å²) >= 11 is 0. The van der Waals surface area contributed by atoms with Crippen LogP contribution in [0.1, 0.15) is 34.1 Å². The highest BCUT2D eigenvalue weighted by Crippen LogP contribution is 2.11. The van der Waals surface area contributed by atoms with Crippen molar-refractivity contribution in [3.8, 4) is 0 Å². The van der Waals surface area contributed by atoms with E-state index in [0.717, 1.165) is 0 Å². The highest BCUT2D eigenvalue weighted by molar-refractivity contribution is 5.82. The first-order chi connectivity index (χ1) is 9.19. The molecule has 3 atom stereocenters. The molecule has 1 heterocycles. The fourth-order valence-corrected chi connectivity index (χ4v) is 1.65. The monoisotopic (exact) mass is 289 g/mol. The van der Waals surface area contributed by atoms with Crippen LogP contribution in [0.25, 0.3) is 0 Å². The molecule has 2 N–H and O–H groups in total. The van der Waals surface area contributed by atoms with Crippen molar-refractivity contribution in [2.45, 2.75) is 58.0 Å². The molecule has 1 fully saturated rings. The first-order valence-corrected chi connectivity index (χ1v) is 6.65. The van der Waals surface area contributed by atoms with E-state index in [2.05, 4.69) is 5.32 Å². The van der Waals surface area contributed by atoms with Crippen LogP contribution in [-0.2, 0) is 19.0 Å². The molecular formula is C13H23NO6. The summed E-state index contributed by atoms with van der Waals surface area (Å²) in [6.07, 6.45) is -1.57. The molecule has 7 heteroatoms. The number of ether oxygens (including phenoxy) is 3. The largest absolute Gasteiger partial charge is 0.458 e. The van der Waals surface area contributed by atoms with Crippen molar-refractivity contribution in [2.75, 3.05) is 13.2 Å². The second-order valence-corrected chi connectivity index (χ2v) is 5.79. The van der Waals surface area contributed by atoms with Crippen LogP contribution in [0, 0.1) is 0 Å². The van der Waals surface area contributed by atoms with Crippen molar-refractivity contribution < 1.29 is 28.9 Å². The van der Waals surface area contributed by atoms with E-state index < -0.39 is 29.8 Å². The van der Waals surface area contributed by atoms with Crippen LogP contribution in [0.2, 0.25) is 0 Å². The van der Waals surface area contributed by atoms with Crippen molar-refractivity contribution in [3.63, 3.8) is 0 Å². The normalized spacial score (nSPS) is 21.9. The first-order valence-electron chi connectivity index (χ1n) is 6.65. The summed E-state index contributed by atoms with van der Waals surface area (Å²) < 4.78 is 15.3. The number of alkyl carbamates (subject to hydrolysis) is 1. The number of aliphatic hydroxyl groups is 1. The third-order valence-corrected chi connectivity index (χ3v) is 2.58. The highest BCUT2D eigenvalue weighted by Gasteiger charge is 2.32. The van der Waals surface area contributed by atoms with E-state index in [9.17, 15) is 14.7 Å². The van der Waals surface area contributed by atoms with Crippen LogP contribution in [0.15, 0.2) is 0 Å². The van der Waals surface area contributed by atoms with E-state index in [1.165, 1.54) is 6.92 Å². The van der Waals surface area contributed by atoms with Crippen LogP contribution in [0.5, 0.6) is 0 Å². The van der Waals surface area contributed by atoms with Gasteiger partial charge in [-0.05, 0) is 27.7 Å². The lowest BCUT2D eigenvalue weighted by molar-refractivity contribution is -0.154. The van der Waals surface area contributed by atoms with Crippen LogP contribution in [-0.4, -0.2) is 54.2 Å². The van der Waals surface area contributed by atoms with E-state index in [4.69, 9.17) is 14.2 Å². The average molecular weight is 289 g/mol. The number of carbonyl (C=O) groups is 2. The summed E-state index contributed by atoms with van der Waals surface area (Å²) in [6.45, 7) is 7.39. The third-order valence-electron chi connectivity index (χ3n) is 2.58. The molecule has 116 valence electrons. The number of rotatable bonds is 4. The van der Waals surface area contributed by atoms with E-state index >= 15 is 0 Å². The Morgan fingerprint density at radius 2 is 2.05 bits per heavy atom. The standard InChI is InChI=1S/C13H23NO6/c1-8(15)10(14-12(17)20-13(2,3)4)11(16)19-9-5-6-18-7-9/h8-10,15H,5-7H2,1-4H3,(H,14,17)/t8?,9-,10?/m1/s1. The zero-order valence-corrected chi connectivity index (χ0v) is 12.3. The second kappa shape index (κ2) is 6.90. The fraction of sp³-hybridized carbons (Fsp3) is 0.846. The van der Waals surface area contributed by atoms with Gasteiger partial charge in [0.2, 0.25) is 0 Å². The molecule has 0 aromatic heterocycles.